The molecule has 2 aromatic rings. The van der Waals surface area contributed by atoms with E-state index in [1.165, 1.54) is 11.1 Å². The van der Waals surface area contributed by atoms with Gasteiger partial charge in [-0.25, -0.2) is 4.68 Å². The van der Waals surface area contributed by atoms with Gasteiger partial charge >= 0.3 is 5.69 Å². The van der Waals surface area contributed by atoms with Gasteiger partial charge in [0, 0.05) is 20.0 Å². The average molecular weight is 305 g/mol. The van der Waals surface area contributed by atoms with Crippen molar-refractivity contribution in [1.29, 1.82) is 0 Å². The molecule has 1 N–H and O–H groups in total. The zero-order chi connectivity index (χ0) is 15.9. The van der Waals surface area contributed by atoms with E-state index in [2.05, 4.69) is 20.6 Å². The van der Waals surface area contributed by atoms with E-state index in [1.807, 2.05) is 11.6 Å². The molecule has 0 bridgehead atoms. The lowest BCUT2D eigenvalue weighted by Crippen LogP contribution is -2.16. The zero-order valence-electron chi connectivity index (χ0n) is 12.9. The standard InChI is InChI=1S/C13H19N7O2/c1-8-11(20(21)22)13(19(3)17-8)14-7-10-15-16-12(18(10)2)9-5-4-6-9/h9,14H,4-7H2,1-3H3. The molecule has 0 atom stereocenters. The molecule has 0 aromatic carbocycles. The largest absolute Gasteiger partial charge is 0.357 e. The summed E-state index contributed by atoms with van der Waals surface area (Å²) in [6, 6.07) is 0. The molecule has 1 fully saturated rings. The minimum Gasteiger partial charge on any atom is -0.357 e. The van der Waals surface area contributed by atoms with E-state index in [9.17, 15) is 10.1 Å². The van der Waals surface area contributed by atoms with Gasteiger partial charge < -0.3 is 9.88 Å². The minimum atomic E-state index is -0.416. The topological polar surface area (TPSA) is 104 Å². The van der Waals surface area contributed by atoms with Gasteiger partial charge in [0.1, 0.15) is 11.5 Å². The van der Waals surface area contributed by atoms with Crippen LogP contribution in [0.3, 0.4) is 0 Å². The Bertz CT molecular complexity index is 714. The van der Waals surface area contributed by atoms with E-state index in [1.54, 1.807) is 14.0 Å². The van der Waals surface area contributed by atoms with Gasteiger partial charge in [-0.05, 0) is 19.8 Å². The highest BCUT2D eigenvalue weighted by atomic mass is 16.6. The Kier molecular flexibility index (Phi) is 3.55. The molecule has 0 spiro atoms. The molecule has 2 aromatic heterocycles. The Hall–Kier alpha value is -2.45. The number of nitro groups is 1. The Morgan fingerprint density at radius 2 is 2.09 bits per heavy atom. The highest BCUT2D eigenvalue weighted by molar-refractivity contribution is 5.59. The Morgan fingerprint density at radius 3 is 2.68 bits per heavy atom. The molecule has 1 aliphatic carbocycles. The predicted octanol–water partition coefficient (Wildman–Crippen LogP) is 1.64. The second kappa shape index (κ2) is 5.39. The van der Waals surface area contributed by atoms with E-state index in [4.69, 9.17) is 0 Å². The molecule has 1 saturated carbocycles. The molecular weight excluding hydrogens is 286 g/mol. The molecule has 0 radical (unpaired) electrons. The van der Waals surface area contributed by atoms with Gasteiger partial charge in [0.05, 0.1) is 11.5 Å². The van der Waals surface area contributed by atoms with E-state index < -0.39 is 4.92 Å². The molecule has 0 saturated heterocycles. The van der Waals surface area contributed by atoms with Crippen molar-refractivity contribution in [2.45, 2.75) is 38.6 Å². The van der Waals surface area contributed by atoms with Gasteiger partial charge in [0.2, 0.25) is 5.82 Å². The van der Waals surface area contributed by atoms with E-state index in [-0.39, 0.29) is 5.69 Å². The molecule has 118 valence electrons. The van der Waals surface area contributed by atoms with Gasteiger partial charge in [-0.1, -0.05) is 6.42 Å². The summed E-state index contributed by atoms with van der Waals surface area (Å²) in [5, 5.41) is 26.8. The van der Waals surface area contributed by atoms with Gasteiger partial charge in [0.15, 0.2) is 5.82 Å². The van der Waals surface area contributed by atoms with Crippen LogP contribution in [0.25, 0.3) is 0 Å². The highest BCUT2D eigenvalue weighted by Crippen LogP contribution is 2.35. The first-order chi connectivity index (χ1) is 10.5. The lowest BCUT2D eigenvalue weighted by Gasteiger charge is -2.24. The lowest BCUT2D eigenvalue weighted by molar-refractivity contribution is -0.384. The van der Waals surface area contributed by atoms with Crippen LogP contribution in [0.2, 0.25) is 0 Å². The molecule has 2 heterocycles. The Labute approximate surface area is 127 Å². The third-order valence-corrected chi connectivity index (χ3v) is 4.26. The smallest absolute Gasteiger partial charge is 0.333 e. The van der Waals surface area contributed by atoms with E-state index in [0.717, 1.165) is 24.5 Å². The summed E-state index contributed by atoms with van der Waals surface area (Å²) < 4.78 is 3.46. The average Bonchev–Trinajstić information content (AvgIpc) is 2.87. The molecule has 1 aliphatic rings. The SMILES string of the molecule is Cc1nn(C)c(NCc2nnc(C3CCC3)n2C)c1[N+](=O)[O-]. The number of aromatic nitrogens is 5. The molecule has 9 nitrogen and oxygen atoms in total. The van der Waals surface area contributed by atoms with Crippen molar-refractivity contribution in [1.82, 2.24) is 24.5 Å². The maximum absolute atomic E-state index is 11.2. The summed E-state index contributed by atoms with van der Waals surface area (Å²) in [7, 11) is 3.62. The Morgan fingerprint density at radius 1 is 1.36 bits per heavy atom. The van der Waals surface area contributed by atoms with Gasteiger partial charge in [0.25, 0.3) is 0 Å². The predicted molar refractivity (Wildman–Crippen MR) is 79.5 cm³/mol. The fourth-order valence-electron chi connectivity index (χ4n) is 2.78. The van der Waals surface area contributed by atoms with Crippen molar-refractivity contribution in [3.63, 3.8) is 0 Å². The fourth-order valence-corrected chi connectivity index (χ4v) is 2.78. The fraction of sp³-hybridized carbons (Fsp3) is 0.615. The second-order valence-corrected chi connectivity index (χ2v) is 5.68. The van der Waals surface area contributed by atoms with Crippen LogP contribution in [-0.2, 0) is 20.6 Å². The lowest BCUT2D eigenvalue weighted by atomic mass is 9.85. The summed E-state index contributed by atoms with van der Waals surface area (Å²) in [5.74, 6) is 2.64. The third-order valence-electron chi connectivity index (χ3n) is 4.26. The van der Waals surface area contributed by atoms with Crippen molar-refractivity contribution >= 4 is 11.5 Å². The molecule has 0 aliphatic heterocycles. The monoisotopic (exact) mass is 305 g/mol. The van der Waals surface area contributed by atoms with Crippen molar-refractivity contribution in [2.75, 3.05) is 5.32 Å². The molecule has 3 rings (SSSR count). The van der Waals surface area contributed by atoms with Crippen LogP contribution < -0.4 is 5.32 Å². The van der Waals surface area contributed by atoms with Crippen LogP contribution in [0, 0.1) is 17.0 Å². The number of hydrogen-bond acceptors (Lipinski definition) is 6. The number of nitrogens with zero attached hydrogens (tertiary/aromatic N) is 6. The molecule has 0 amide bonds. The summed E-state index contributed by atoms with van der Waals surface area (Å²) >= 11 is 0. The van der Waals surface area contributed by atoms with Crippen molar-refractivity contribution in [2.24, 2.45) is 14.1 Å². The van der Waals surface area contributed by atoms with E-state index >= 15 is 0 Å². The van der Waals surface area contributed by atoms with Crippen LogP contribution in [0.1, 0.15) is 42.5 Å². The van der Waals surface area contributed by atoms with Crippen LogP contribution in [0.5, 0.6) is 0 Å². The van der Waals surface area contributed by atoms with Gasteiger partial charge in [-0.15, -0.1) is 10.2 Å². The summed E-state index contributed by atoms with van der Waals surface area (Å²) in [5.41, 5.74) is 0.395. The van der Waals surface area contributed by atoms with Crippen LogP contribution in [0.15, 0.2) is 0 Å². The molecule has 22 heavy (non-hydrogen) atoms. The maximum atomic E-state index is 11.2. The summed E-state index contributed by atoms with van der Waals surface area (Å²) in [4.78, 5) is 10.7. The highest BCUT2D eigenvalue weighted by Gasteiger charge is 2.26. The number of rotatable bonds is 5. The first-order valence-electron chi connectivity index (χ1n) is 7.29. The van der Waals surface area contributed by atoms with Crippen LogP contribution >= 0.6 is 0 Å². The molecule has 0 unspecified atom stereocenters. The molecular formula is C13H19N7O2. The van der Waals surface area contributed by atoms with Gasteiger partial charge in [-0.3, -0.25) is 10.1 Å². The summed E-state index contributed by atoms with van der Waals surface area (Å²) in [6.07, 6.45) is 3.56. The third kappa shape index (κ3) is 2.32. The second-order valence-electron chi connectivity index (χ2n) is 5.68. The summed E-state index contributed by atoms with van der Waals surface area (Å²) in [6.45, 7) is 2.00. The van der Waals surface area contributed by atoms with Crippen molar-refractivity contribution in [3.05, 3.63) is 27.5 Å². The van der Waals surface area contributed by atoms with Crippen molar-refractivity contribution < 1.29 is 4.92 Å². The van der Waals surface area contributed by atoms with Gasteiger partial charge in [-0.2, -0.15) is 5.10 Å². The van der Waals surface area contributed by atoms with Crippen LogP contribution in [0.4, 0.5) is 11.5 Å². The maximum Gasteiger partial charge on any atom is 0.333 e. The minimum absolute atomic E-state index is 0.00360. The van der Waals surface area contributed by atoms with Crippen molar-refractivity contribution in [3.8, 4) is 0 Å². The van der Waals surface area contributed by atoms with Crippen LogP contribution in [-0.4, -0.2) is 29.5 Å². The number of aryl methyl sites for hydroxylation is 2. The molecule has 9 heteroatoms. The zero-order valence-corrected chi connectivity index (χ0v) is 12.9. The number of nitrogens with one attached hydrogen (secondary N) is 1. The number of hydrogen-bond donors (Lipinski definition) is 1. The quantitative estimate of drug-likeness (QED) is 0.665. The first kappa shape index (κ1) is 14.5. The first-order valence-corrected chi connectivity index (χ1v) is 7.29. The number of anilines is 1. The Balaban J connectivity index is 1.78. The normalized spacial score (nSPS) is 14.9. The van der Waals surface area contributed by atoms with E-state index in [0.29, 0.717) is 24.0 Å².